The van der Waals surface area contributed by atoms with Crippen molar-refractivity contribution in [1.82, 2.24) is 0 Å². The van der Waals surface area contributed by atoms with Gasteiger partial charge in [0.1, 0.15) is 12.4 Å². The molecule has 132 valence electrons. The first kappa shape index (κ1) is 19.9. The molecular weight excluding hydrogens is 462 g/mol. The van der Waals surface area contributed by atoms with Crippen molar-refractivity contribution >= 4 is 43.5 Å². The molecule has 0 bridgehead atoms. The van der Waals surface area contributed by atoms with Gasteiger partial charge in [-0.05, 0) is 57.9 Å². The SMILES string of the molecule is C#CCOc1c(Br)cc(Br)cc1/C=C(\C#N)c1ccc(OC)c(OC)c1. The molecule has 0 atom stereocenters. The molecule has 0 saturated carbocycles. The van der Waals surface area contributed by atoms with E-state index >= 15 is 0 Å². The molecule has 0 aliphatic rings. The number of hydrogen-bond acceptors (Lipinski definition) is 4. The Kier molecular flexibility index (Phi) is 7.15. The van der Waals surface area contributed by atoms with Crippen LogP contribution in [0.3, 0.4) is 0 Å². The van der Waals surface area contributed by atoms with Crippen LogP contribution < -0.4 is 14.2 Å². The second-order valence-electron chi connectivity index (χ2n) is 5.04. The van der Waals surface area contributed by atoms with E-state index in [2.05, 4.69) is 43.8 Å². The zero-order chi connectivity index (χ0) is 19.1. The van der Waals surface area contributed by atoms with Crippen molar-refractivity contribution in [1.29, 1.82) is 5.26 Å². The molecule has 0 heterocycles. The van der Waals surface area contributed by atoms with E-state index in [4.69, 9.17) is 20.6 Å². The van der Waals surface area contributed by atoms with Crippen LogP contribution in [0.15, 0.2) is 39.3 Å². The summed E-state index contributed by atoms with van der Waals surface area (Å²) in [6.07, 6.45) is 7.03. The van der Waals surface area contributed by atoms with Crippen LogP contribution in [-0.2, 0) is 0 Å². The van der Waals surface area contributed by atoms with Gasteiger partial charge >= 0.3 is 0 Å². The van der Waals surface area contributed by atoms with Crippen molar-refractivity contribution in [3.63, 3.8) is 0 Å². The highest BCUT2D eigenvalue weighted by Gasteiger charge is 2.12. The van der Waals surface area contributed by atoms with Crippen molar-refractivity contribution in [2.75, 3.05) is 20.8 Å². The molecule has 0 N–H and O–H groups in total. The third-order valence-electron chi connectivity index (χ3n) is 3.45. The third-order valence-corrected chi connectivity index (χ3v) is 4.50. The van der Waals surface area contributed by atoms with Crippen LogP contribution >= 0.6 is 31.9 Å². The van der Waals surface area contributed by atoms with Gasteiger partial charge in [-0.3, -0.25) is 0 Å². The predicted octanol–water partition coefficient (Wildman–Crippen LogP) is 5.30. The molecule has 0 aliphatic heterocycles. The van der Waals surface area contributed by atoms with Gasteiger partial charge in [0.15, 0.2) is 11.5 Å². The Morgan fingerprint density at radius 1 is 1.15 bits per heavy atom. The van der Waals surface area contributed by atoms with Gasteiger partial charge < -0.3 is 14.2 Å². The summed E-state index contributed by atoms with van der Waals surface area (Å²) in [4.78, 5) is 0. The first-order valence-corrected chi connectivity index (χ1v) is 9.02. The zero-order valence-corrected chi connectivity index (χ0v) is 17.3. The quantitative estimate of drug-likeness (QED) is 0.322. The molecule has 0 spiro atoms. The molecule has 0 saturated heterocycles. The number of ether oxygens (including phenoxy) is 3. The standard InChI is InChI=1S/C20H15Br2NO3/c1-4-7-26-20-14(9-16(21)11-17(20)22)8-15(12-23)13-5-6-18(24-2)19(10-13)25-3/h1,5-6,8-11H,7H2,2-3H3/b15-8+. The number of rotatable bonds is 6. The van der Waals surface area contributed by atoms with Gasteiger partial charge in [-0.2, -0.15) is 5.26 Å². The molecule has 0 unspecified atom stereocenters. The number of methoxy groups -OCH3 is 2. The maximum atomic E-state index is 9.65. The van der Waals surface area contributed by atoms with E-state index < -0.39 is 0 Å². The molecule has 0 amide bonds. The molecule has 2 aromatic rings. The minimum absolute atomic E-state index is 0.124. The number of nitriles is 1. The fourth-order valence-electron chi connectivity index (χ4n) is 2.29. The molecule has 4 nitrogen and oxygen atoms in total. The summed E-state index contributed by atoms with van der Waals surface area (Å²) >= 11 is 6.92. The van der Waals surface area contributed by atoms with E-state index in [9.17, 15) is 5.26 Å². The Hall–Kier alpha value is -2.41. The van der Waals surface area contributed by atoms with Crippen molar-refractivity contribution in [3.05, 3.63) is 50.4 Å². The molecule has 26 heavy (non-hydrogen) atoms. The summed E-state index contributed by atoms with van der Waals surface area (Å²) in [6, 6.07) is 11.2. The number of terminal acetylenes is 1. The average Bonchev–Trinajstić information content (AvgIpc) is 2.64. The maximum Gasteiger partial charge on any atom is 0.161 e. The van der Waals surface area contributed by atoms with Crippen LogP contribution in [0.2, 0.25) is 0 Å². The molecule has 0 aliphatic carbocycles. The summed E-state index contributed by atoms with van der Waals surface area (Å²) in [5.74, 6) is 4.15. The lowest BCUT2D eigenvalue weighted by atomic mass is 10.0. The fraction of sp³-hybridized carbons (Fsp3) is 0.150. The minimum Gasteiger partial charge on any atom is -0.493 e. The predicted molar refractivity (Wildman–Crippen MR) is 109 cm³/mol. The maximum absolute atomic E-state index is 9.65. The molecule has 0 fully saturated rings. The van der Waals surface area contributed by atoms with E-state index in [1.807, 2.05) is 12.1 Å². The minimum atomic E-state index is 0.124. The summed E-state index contributed by atoms with van der Waals surface area (Å²) in [7, 11) is 3.11. The summed E-state index contributed by atoms with van der Waals surface area (Å²) in [5.41, 5.74) is 1.86. The van der Waals surface area contributed by atoms with E-state index in [-0.39, 0.29) is 6.61 Å². The van der Waals surface area contributed by atoms with Gasteiger partial charge in [-0.1, -0.05) is 21.9 Å². The second-order valence-corrected chi connectivity index (χ2v) is 6.81. The number of allylic oxidation sites excluding steroid dienone is 1. The van der Waals surface area contributed by atoms with Crippen molar-refractivity contribution < 1.29 is 14.2 Å². The Bertz CT molecular complexity index is 924. The number of halogens is 2. The Labute approximate surface area is 169 Å². The topological polar surface area (TPSA) is 51.5 Å². The van der Waals surface area contributed by atoms with Gasteiger partial charge in [0.2, 0.25) is 0 Å². The molecule has 0 aromatic heterocycles. The molecular formula is C20H15Br2NO3. The average molecular weight is 477 g/mol. The number of hydrogen-bond donors (Lipinski definition) is 0. The highest BCUT2D eigenvalue weighted by atomic mass is 79.9. The summed E-state index contributed by atoms with van der Waals surface area (Å²) in [6.45, 7) is 0.124. The van der Waals surface area contributed by atoms with E-state index in [1.165, 1.54) is 0 Å². The van der Waals surface area contributed by atoms with Crippen LogP contribution in [0.1, 0.15) is 11.1 Å². The molecule has 6 heteroatoms. The van der Waals surface area contributed by atoms with E-state index in [1.54, 1.807) is 38.5 Å². The van der Waals surface area contributed by atoms with Crippen molar-refractivity contribution in [2.45, 2.75) is 0 Å². The number of benzene rings is 2. The highest BCUT2D eigenvalue weighted by Crippen LogP contribution is 2.36. The normalized spacial score (nSPS) is 10.6. The van der Waals surface area contributed by atoms with Gasteiger partial charge in [-0.25, -0.2) is 0 Å². The first-order chi connectivity index (χ1) is 12.5. The molecule has 0 radical (unpaired) electrons. The Morgan fingerprint density at radius 3 is 2.50 bits per heavy atom. The van der Waals surface area contributed by atoms with Crippen LogP contribution in [0.25, 0.3) is 11.6 Å². The lowest BCUT2D eigenvalue weighted by Crippen LogP contribution is -1.97. The second kappa shape index (κ2) is 9.33. The van der Waals surface area contributed by atoms with Gasteiger partial charge in [0.05, 0.1) is 30.3 Å². The van der Waals surface area contributed by atoms with Gasteiger partial charge in [-0.15, -0.1) is 6.42 Å². The molecule has 2 aromatic carbocycles. The van der Waals surface area contributed by atoms with Gasteiger partial charge in [0.25, 0.3) is 0 Å². The summed E-state index contributed by atoms with van der Waals surface area (Å²) < 4.78 is 17.8. The van der Waals surface area contributed by atoms with Crippen LogP contribution in [-0.4, -0.2) is 20.8 Å². The van der Waals surface area contributed by atoms with Crippen molar-refractivity contribution in [2.24, 2.45) is 0 Å². The lowest BCUT2D eigenvalue weighted by Gasteiger charge is -2.12. The zero-order valence-electron chi connectivity index (χ0n) is 14.2. The smallest absolute Gasteiger partial charge is 0.161 e. The van der Waals surface area contributed by atoms with Crippen LogP contribution in [0.4, 0.5) is 0 Å². The number of nitrogens with zero attached hydrogens (tertiary/aromatic N) is 1. The van der Waals surface area contributed by atoms with Crippen LogP contribution in [0, 0.1) is 23.7 Å². The van der Waals surface area contributed by atoms with Crippen molar-refractivity contribution in [3.8, 4) is 35.7 Å². The monoisotopic (exact) mass is 475 g/mol. The Morgan fingerprint density at radius 2 is 1.88 bits per heavy atom. The van der Waals surface area contributed by atoms with E-state index in [0.717, 1.165) is 8.95 Å². The first-order valence-electron chi connectivity index (χ1n) is 7.43. The lowest BCUT2D eigenvalue weighted by molar-refractivity contribution is 0.355. The van der Waals surface area contributed by atoms with Gasteiger partial charge in [0, 0.05) is 10.0 Å². The summed E-state index contributed by atoms with van der Waals surface area (Å²) in [5, 5.41) is 9.65. The Balaban J connectivity index is 2.56. The van der Waals surface area contributed by atoms with Crippen LogP contribution in [0.5, 0.6) is 17.2 Å². The molecule has 2 rings (SSSR count). The highest BCUT2D eigenvalue weighted by molar-refractivity contribution is 9.11. The van der Waals surface area contributed by atoms with E-state index in [0.29, 0.717) is 33.9 Å². The largest absolute Gasteiger partial charge is 0.493 e. The third kappa shape index (κ3) is 4.60. The fourth-order valence-corrected chi connectivity index (χ4v) is 3.67.